The molecule has 0 radical (unpaired) electrons. The van der Waals surface area contributed by atoms with E-state index >= 15 is 0 Å². The molecule has 2 aromatic rings. The Morgan fingerprint density at radius 3 is 2.67 bits per heavy atom. The maximum absolute atomic E-state index is 11.9. The van der Waals surface area contributed by atoms with E-state index in [2.05, 4.69) is 15.2 Å². The van der Waals surface area contributed by atoms with Crippen LogP contribution < -0.4 is 16.1 Å². The first kappa shape index (κ1) is 11.1. The maximum Gasteiger partial charge on any atom is 0.271 e. The van der Waals surface area contributed by atoms with Gasteiger partial charge in [-0.1, -0.05) is 6.42 Å². The van der Waals surface area contributed by atoms with Gasteiger partial charge in [0.05, 0.1) is 10.6 Å². The van der Waals surface area contributed by atoms with Gasteiger partial charge in [-0.15, -0.1) is 0 Å². The van der Waals surface area contributed by atoms with Crippen LogP contribution in [0.1, 0.15) is 37.8 Å². The van der Waals surface area contributed by atoms with Crippen molar-refractivity contribution in [3.05, 3.63) is 44.9 Å². The maximum atomic E-state index is 11.9. The van der Waals surface area contributed by atoms with Gasteiger partial charge in [-0.05, 0) is 49.5 Å². The molecule has 2 heterocycles. The Balaban J connectivity index is 2.21. The van der Waals surface area contributed by atoms with Crippen LogP contribution in [-0.2, 0) is 0 Å². The first-order chi connectivity index (χ1) is 8.84. The van der Waals surface area contributed by atoms with Gasteiger partial charge in [-0.2, -0.15) is 0 Å². The molecule has 1 fully saturated rings. The van der Waals surface area contributed by atoms with Crippen molar-refractivity contribution in [1.29, 1.82) is 0 Å². The van der Waals surface area contributed by atoms with Gasteiger partial charge in [-0.25, -0.2) is 0 Å². The molecule has 0 aliphatic heterocycles. The Bertz CT molecular complexity index is 680. The van der Waals surface area contributed by atoms with E-state index in [1.165, 1.54) is 24.8 Å². The van der Waals surface area contributed by atoms with Crippen molar-refractivity contribution in [2.45, 2.75) is 32.1 Å². The fraction of sp³-hybridized carbons (Fsp3) is 0.357. The molecule has 94 valence electrons. The van der Waals surface area contributed by atoms with Gasteiger partial charge < -0.3 is 4.98 Å². The van der Waals surface area contributed by atoms with Crippen LogP contribution in [0.2, 0.25) is 0 Å². The molecule has 2 aromatic heterocycles. The van der Waals surface area contributed by atoms with Crippen LogP contribution in [0.25, 0.3) is 11.6 Å². The Morgan fingerprint density at radius 2 is 1.94 bits per heavy atom. The zero-order valence-electron chi connectivity index (χ0n) is 10.3. The van der Waals surface area contributed by atoms with E-state index in [1.807, 2.05) is 24.4 Å². The lowest BCUT2D eigenvalue weighted by Gasteiger charge is -2.12. The van der Waals surface area contributed by atoms with E-state index in [0.29, 0.717) is 0 Å². The predicted molar refractivity (Wildman–Crippen MR) is 71.5 cm³/mol. The van der Waals surface area contributed by atoms with Gasteiger partial charge in [0.25, 0.3) is 5.56 Å². The third-order valence-corrected chi connectivity index (χ3v) is 3.55. The third-order valence-electron chi connectivity index (χ3n) is 3.55. The monoisotopic (exact) mass is 243 g/mol. The summed E-state index contributed by atoms with van der Waals surface area (Å²) in [6, 6.07) is 3.89. The van der Waals surface area contributed by atoms with Gasteiger partial charge in [-0.3, -0.25) is 15.0 Å². The van der Waals surface area contributed by atoms with Crippen LogP contribution in [0.5, 0.6) is 0 Å². The summed E-state index contributed by atoms with van der Waals surface area (Å²) >= 11 is 0. The van der Waals surface area contributed by atoms with Crippen molar-refractivity contribution in [2.24, 2.45) is 0 Å². The average Bonchev–Trinajstić information content (AvgIpc) is 3.03. The number of rotatable bonds is 1. The lowest BCUT2D eigenvalue weighted by atomic mass is 9.94. The zero-order valence-corrected chi connectivity index (χ0v) is 10.3. The Morgan fingerprint density at radius 1 is 1.11 bits per heavy atom. The van der Waals surface area contributed by atoms with Crippen LogP contribution >= 0.6 is 0 Å². The fourth-order valence-corrected chi connectivity index (χ4v) is 2.60. The minimum Gasteiger partial charge on any atom is -0.362 e. The summed E-state index contributed by atoms with van der Waals surface area (Å²) in [7, 11) is 0. The van der Waals surface area contributed by atoms with Crippen LogP contribution in [0.15, 0.2) is 23.1 Å². The normalized spacial score (nSPS) is 17.3. The van der Waals surface area contributed by atoms with Crippen LogP contribution in [0.3, 0.4) is 0 Å². The molecule has 18 heavy (non-hydrogen) atoms. The van der Waals surface area contributed by atoms with Gasteiger partial charge in [0.15, 0.2) is 0 Å². The zero-order chi connectivity index (χ0) is 12.4. The summed E-state index contributed by atoms with van der Waals surface area (Å²) in [5.74, 6) is 0. The summed E-state index contributed by atoms with van der Waals surface area (Å²) in [6.45, 7) is 0. The first-order valence-corrected chi connectivity index (χ1v) is 6.48. The second-order valence-corrected chi connectivity index (χ2v) is 4.80. The molecule has 1 aliphatic rings. The highest BCUT2D eigenvalue weighted by Crippen LogP contribution is 2.21. The number of aromatic amines is 3. The molecule has 0 aromatic carbocycles. The van der Waals surface area contributed by atoms with Crippen molar-refractivity contribution >= 4 is 11.6 Å². The van der Waals surface area contributed by atoms with Gasteiger partial charge in [0.2, 0.25) is 0 Å². The fourth-order valence-electron chi connectivity index (χ4n) is 2.60. The van der Waals surface area contributed by atoms with Crippen LogP contribution in [0.4, 0.5) is 0 Å². The smallest absolute Gasteiger partial charge is 0.271 e. The number of nitrogens with one attached hydrogen (secondary N) is 3. The van der Waals surface area contributed by atoms with E-state index in [9.17, 15) is 4.79 Å². The molecule has 3 N–H and O–H groups in total. The molecule has 0 amide bonds. The summed E-state index contributed by atoms with van der Waals surface area (Å²) in [6.07, 6.45) is 9.72. The second kappa shape index (κ2) is 4.72. The van der Waals surface area contributed by atoms with Crippen molar-refractivity contribution in [3.63, 3.8) is 0 Å². The average molecular weight is 243 g/mol. The molecule has 1 aliphatic carbocycles. The highest BCUT2D eigenvalue weighted by atomic mass is 16.1. The van der Waals surface area contributed by atoms with Crippen molar-refractivity contribution in [3.8, 4) is 0 Å². The lowest BCUT2D eigenvalue weighted by Crippen LogP contribution is -2.35. The molecular formula is C14H17N3O. The molecule has 4 heteroatoms. The van der Waals surface area contributed by atoms with Gasteiger partial charge >= 0.3 is 0 Å². The van der Waals surface area contributed by atoms with Crippen LogP contribution in [0, 0.1) is 0 Å². The largest absolute Gasteiger partial charge is 0.362 e. The molecule has 0 saturated heterocycles. The van der Waals surface area contributed by atoms with Crippen molar-refractivity contribution in [1.82, 2.24) is 15.2 Å². The highest BCUT2D eigenvalue weighted by molar-refractivity contribution is 5.49. The molecule has 0 unspecified atom stereocenters. The summed E-state index contributed by atoms with van der Waals surface area (Å²) in [5.41, 5.74) is 2.29. The summed E-state index contributed by atoms with van der Waals surface area (Å²) < 4.78 is 0. The van der Waals surface area contributed by atoms with E-state index in [1.54, 1.807) is 0 Å². The molecule has 4 nitrogen and oxygen atoms in total. The molecular weight excluding hydrogens is 226 g/mol. The van der Waals surface area contributed by atoms with E-state index < -0.39 is 0 Å². The van der Waals surface area contributed by atoms with E-state index in [4.69, 9.17) is 0 Å². The third kappa shape index (κ3) is 2.06. The standard InChI is InChI=1S/C14H17N3O/c18-14-12(9-11-7-4-8-15-11)13(16-17-14)10-5-2-1-3-6-10/h4,7-9,15-16H,1-3,5-6H2,(H,17,18). The number of H-pyrrole nitrogens is 3. The predicted octanol–water partition coefficient (Wildman–Crippen LogP) is 0.975. The lowest BCUT2D eigenvalue weighted by molar-refractivity contribution is 0.641. The molecule has 1 saturated carbocycles. The molecule has 0 spiro atoms. The Hall–Kier alpha value is -1.97. The van der Waals surface area contributed by atoms with Crippen LogP contribution in [-0.4, -0.2) is 15.2 Å². The Labute approximate surface area is 104 Å². The first-order valence-electron chi connectivity index (χ1n) is 6.48. The quantitative estimate of drug-likeness (QED) is 0.686. The molecule has 3 rings (SSSR count). The number of hydrogen-bond acceptors (Lipinski definition) is 1. The van der Waals surface area contributed by atoms with E-state index in [0.717, 1.165) is 29.1 Å². The minimum atomic E-state index is -0.0438. The second-order valence-electron chi connectivity index (χ2n) is 4.80. The highest BCUT2D eigenvalue weighted by Gasteiger charge is 2.08. The topological polar surface area (TPSA) is 64.4 Å². The Kier molecular flexibility index (Phi) is 2.92. The number of aromatic nitrogens is 3. The van der Waals surface area contributed by atoms with Gasteiger partial charge in [0.1, 0.15) is 0 Å². The summed E-state index contributed by atoms with van der Waals surface area (Å²) in [4.78, 5) is 15.0. The van der Waals surface area contributed by atoms with Crippen molar-refractivity contribution < 1.29 is 0 Å². The van der Waals surface area contributed by atoms with Crippen molar-refractivity contribution in [2.75, 3.05) is 0 Å². The summed E-state index contributed by atoms with van der Waals surface area (Å²) in [5, 5.41) is 7.48. The SMILES string of the molecule is O=c1[nH][nH]c(=C2CCCCC2)c1=Cc1ccc[nH]1. The molecule has 0 atom stereocenters. The van der Waals surface area contributed by atoms with Gasteiger partial charge in [0, 0.05) is 11.9 Å². The number of hydrogen-bond donors (Lipinski definition) is 3. The van der Waals surface area contributed by atoms with E-state index in [-0.39, 0.29) is 5.56 Å². The minimum absolute atomic E-state index is 0.0438. The molecule has 0 bridgehead atoms.